The van der Waals surface area contributed by atoms with Crippen LogP contribution in [0, 0.1) is 17.6 Å². The Morgan fingerprint density at radius 3 is 2.12 bits per heavy atom. The molecule has 0 aromatic heterocycles. The summed E-state index contributed by atoms with van der Waals surface area (Å²) >= 11 is 0. The standard InChI is InChI=1S/C34H48F2O5/c1-4-6-8-10-12-14-16-27-24-39-34(40-25(27)3)26-17-19-28(20-18-26)41-33(37)29-21-22-30(32(36)31(29)35)38-23-15-13-11-9-7-5-2/h17-22,25,27,34H,4-16,23-24H2,1-3H3/t25-,27+,34+/m0/s1. The molecular weight excluding hydrogens is 526 g/mol. The molecule has 1 fully saturated rings. The van der Waals surface area contributed by atoms with Gasteiger partial charge in [0.15, 0.2) is 17.9 Å². The maximum Gasteiger partial charge on any atom is 0.346 e. The first kappa shape index (κ1) is 33.0. The maximum atomic E-state index is 14.7. The minimum Gasteiger partial charge on any atom is -0.490 e. The molecule has 3 rings (SSSR count). The van der Waals surface area contributed by atoms with Crippen molar-refractivity contribution in [3.63, 3.8) is 0 Å². The summed E-state index contributed by atoms with van der Waals surface area (Å²) < 4.78 is 52.1. The molecule has 0 aliphatic carbocycles. The molecule has 0 N–H and O–H groups in total. The van der Waals surface area contributed by atoms with E-state index in [4.69, 9.17) is 18.9 Å². The third-order valence-corrected chi connectivity index (χ3v) is 7.78. The van der Waals surface area contributed by atoms with E-state index in [9.17, 15) is 13.6 Å². The monoisotopic (exact) mass is 574 g/mol. The van der Waals surface area contributed by atoms with Crippen molar-refractivity contribution in [2.45, 2.75) is 117 Å². The SMILES string of the molecule is CCCCCCCCOc1ccc(C(=O)Oc2ccc([C@@H]3OC[C@@H](CCCCCCCC)[C@H](C)O3)cc2)c(F)c1F. The minimum absolute atomic E-state index is 0.0810. The highest BCUT2D eigenvalue weighted by atomic mass is 19.2. The lowest BCUT2D eigenvalue weighted by Crippen LogP contribution is -2.34. The number of esters is 1. The van der Waals surface area contributed by atoms with Crippen LogP contribution in [0.5, 0.6) is 11.5 Å². The van der Waals surface area contributed by atoms with Crippen LogP contribution in [-0.2, 0) is 9.47 Å². The summed E-state index contributed by atoms with van der Waals surface area (Å²) in [4.78, 5) is 12.6. The Kier molecular flexibility index (Phi) is 14.6. The Morgan fingerprint density at radius 2 is 1.46 bits per heavy atom. The van der Waals surface area contributed by atoms with Gasteiger partial charge in [0.25, 0.3) is 0 Å². The van der Waals surface area contributed by atoms with Crippen LogP contribution in [0.15, 0.2) is 36.4 Å². The number of halogens is 2. The highest BCUT2D eigenvalue weighted by Crippen LogP contribution is 2.33. The van der Waals surface area contributed by atoms with E-state index in [-0.39, 0.29) is 17.6 Å². The van der Waals surface area contributed by atoms with Crippen LogP contribution in [0.3, 0.4) is 0 Å². The topological polar surface area (TPSA) is 54.0 Å². The third-order valence-electron chi connectivity index (χ3n) is 7.78. The maximum absolute atomic E-state index is 14.7. The lowest BCUT2D eigenvalue weighted by molar-refractivity contribution is -0.237. The molecule has 41 heavy (non-hydrogen) atoms. The van der Waals surface area contributed by atoms with Gasteiger partial charge < -0.3 is 18.9 Å². The van der Waals surface area contributed by atoms with Gasteiger partial charge in [0, 0.05) is 11.5 Å². The molecule has 5 nitrogen and oxygen atoms in total. The lowest BCUT2D eigenvalue weighted by Gasteiger charge is -2.35. The zero-order valence-electron chi connectivity index (χ0n) is 25.1. The Bertz CT molecular complexity index is 1040. The summed E-state index contributed by atoms with van der Waals surface area (Å²) in [6.07, 6.45) is 14.7. The van der Waals surface area contributed by atoms with E-state index in [0.717, 1.165) is 31.2 Å². The average Bonchev–Trinajstić information content (AvgIpc) is 2.97. The van der Waals surface area contributed by atoms with Crippen molar-refractivity contribution < 1.29 is 32.5 Å². The van der Waals surface area contributed by atoms with Gasteiger partial charge in [-0.1, -0.05) is 96.6 Å². The molecule has 3 atom stereocenters. The van der Waals surface area contributed by atoms with Crippen LogP contribution in [0.2, 0.25) is 0 Å². The number of ether oxygens (including phenoxy) is 4. The van der Waals surface area contributed by atoms with E-state index >= 15 is 0 Å². The molecule has 1 heterocycles. The number of hydrogen-bond acceptors (Lipinski definition) is 5. The van der Waals surface area contributed by atoms with Crippen molar-refractivity contribution in [1.82, 2.24) is 0 Å². The lowest BCUT2D eigenvalue weighted by atomic mass is 9.95. The summed E-state index contributed by atoms with van der Waals surface area (Å²) in [6.45, 7) is 7.41. The van der Waals surface area contributed by atoms with Crippen molar-refractivity contribution in [3.8, 4) is 11.5 Å². The highest BCUT2D eigenvalue weighted by molar-refractivity contribution is 5.91. The number of benzene rings is 2. The molecule has 0 radical (unpaired) electrons. The van der Waals surface area contributed by atoms with Crippen LogP contribution >= 0.6 is 0 Å². The van der Waals surface area contributed by atoms with Crippen LogP contribution in [0.1, 0.15) is 126 Å². The average molecular weight is 575 g/mol. The Labute approximate surface area is 244 Å². The predicted molar refractivity (Wildman–Crippen MR) is 157 cm³/mol. The van der Waals surface area contributed by atoms with Gasteiger partial charge in [0.1, 0.15) is 5.75 Å². The molecule has 0 bridgehead atoms. The summed E-state index contributed by atoms with van der Waals surface area (Å²) in [6, 6.07) is 9.17. The number of carbonyl (C=O) groups excluding carboxylic acids is 1. The van der Waals surface area contributed by atoms with E-state index < -0.39 is 29.5 Å². The number of rotatable bonds is 18. The molecule has 0 saturated carbocycles. The molecule has 2 aromatic carbocycles. The van der Waals surface area contributed by atoms with Gasteiger partial charge >= 0.3 is 5.97 Å². The first-order valence-electron chi connectivity index (χ1n) is 15.6. The van der Waals surface area contributed by atoms with Crippen LogP contribution in [-0.4, -0.2) is 25.3 Å². The van der Waals surface area contributed by atoms with Crippen LogP contribution in [0.25, 0.3) is 0 Å². The zero-order chi connectivity index (χ0) is 29.5. The third kappa shape index (κ3) is 10.7. The Hall–Kier alpha value is -2.51. The van der Waals surface area contributed by atoms with E-state index in [1.54, 1.807) is 24.3 Å². The molecule has 0 unspecified atom stereocenters. The highest BCUT2D eigenvalue weighted by Gasteiger charge is 2.29. The second-order valence-corrected chi connectivity index (χ2v) is 11.1. The fourth-order valence-corrected chi connectivity index (χ4v) is 5.09. The Morgan fingerprint density at radius 1 is 0.829 bits per heavy atom. The smallest absolute Gasteiger partial charge is 0.346 e. The molecule has 1 saturated heterocycles. The van der Waals surface area contributed by atoms with Crippen LogP contribution < -0.4 is 9.47 Å². The predicted octanol–water partition coefficient (Wildman–Crippen LogP) is 9.72. The molecule has 228 valence electrons. The van der Waals surface area contributed by atoms with E-state index in [2.05, 4.69) is 20.8 Å². The van der Waals surface area contributed by atoms with Gasteiger partial charge in [0.2, 0.25) is 5.82 Å². The number of hydrogen-bond donors (Lipinski definition) is 0. The summed E-state index contributed by atoms with van der Waals surface area (Å²) in [5.41, 5.74) is 0.321. The number of unbranched alkanes of at least 4 members (excludes halogenated alkanes) is 10. The van der Waals surface area contributed by atoms with Crippen molar-refractivity contribution in [2.75, 3.05) is 13.2 Å². The molecule has 0 amide bonds. The largest absolute Gasteiger partial charge is 0.490 e. The van der Waals surface area contributed by atoms with Crippen LogP contribution in [0.4, 0.5) is 8.78 Å². The molecule has 0 spiro atoms. The fraction of sp³-hybridized carbons (Fsp3) is 0.618. The van der Waals surface area contributed by atoms with Gasteiger partial charge in [-0.3, -0.25) is 0 Å². The minimum atomic E-state index is -1.28. The van der Waals surface area contributed by atoms with Gasteiger partial charge in [0.05, 0.1) is 24.9 Å². The van der Waals surface area contributed by atoms with E-state index in [0.29, 0.717) is 19.1 Å². The normalized spacial score (nSPS) is 18.8. The van der Waals surface area contributed by atoms with E-state index in [1.807, 2.05) is 0 Å². The summed E-state index contributed by atoms with van der Waals surface area (Å²) in [7, 11) is 0. The van der Waals surface area contributed by atoms with Crippen molar-refractivity contribution >= 4 is 5.97 Å². The first-order chi connectivity index (χ1) is 19.9. The fourth-order valence-electron chi connectivity index (χ4n) is 5.09. The van der Waals surface area contributed by atoms with Crippen molar-refractivity contribution in [1.29, 1.82) is 0 Å². The molecular formula is C34H48F2O5. The number of carbonyl (C=O) groups is 1. The molecule has 2 aromatic rings. The van der Waals surface area contributed by atoms with Gasteiger partial charge in [-0.25, -0.2) is 9.18 Å². The van der Waals surface area contributed by atoms with Gasteiger partial charge in [-0.2, -0.15) is 4.39 Å². The summed E-state index contributed by atoms with van der Waals surface area (Å²) in [5.74, 6) is -3.05. The molecule has 7 heteroatoms. The molecule has 1 aliphatic heterocycles. The van der Waals surface area contributed by atoms with Gasteiger partial charge in [-0.05, 0) is 44.0 Å². The Balaban J connectivity index is 1.45. The summed E-state index contributed by atoms with van der Waals surface area (Å²) in [5, 5.41) is 0. The molecule has 1 aliphatic rings. The first-order valence-corrected chi connectivity index (χ1v) is 15.6. The van der Waals surface area contributed by atoms with Crippen molar-refractivity contribution in [3.05, 3.63) is 59.2 Å². The van der Waals surface area contributed by atoms with E-state index in [1.165, 1.54) is 69.9 Å². The zero-order valence-corrected chi connectivity index (χ0v) is 25.1. The second kappa shape index (κ2) is 18.1. The van der Waals surface area contributed by atoms with Gasteiger partial charge in [-0.15, -0.1) is 0 Å². The quantitative estimate of drug-likeness (QED) is 0.101. The van der Waals surface area contributed by atoms with Crippen molar-refractivity contribution in [2.24, 2.45) is 5.92 Å². The second-order valence-electron chi connectivity index (χ2n) is 11.1.